The average molecular weight is 219 g/mol. The van der Waals surface area contributed by atoms with Gasteiger partial charge in [0.15, 0.2) is 0 Å². The standard InChI is InChI=1S/C13H21N3/c1-14-12-7-2-3-8-13(12)16-10-11-6-4-5-9-15-11/h4-6,9,12-14,16H,2-3,7-8,10H2,1H3. The van der Waals surface area contributed by atoms with Crippen LogP contribution in [0, 0.1) is 0 Å². The Hall–Kier alpha value is -0.930. The molecule has 1 heterocycles. The lowest BCUT2D eigenvalue weighted by Crippen LogP contribution is -2.48. The summed E-state index contributed by atoms with van der Waals surface area (Å²) in [5.74, 6) is 0. The van der Waals surface area contributed by atoms with Crippen LogP contribution in [0.4, 0.5) is 0 Å². The molecule has 1 aliphatic carbocycles. The highest BCUT2D eigenvalue weighted by molar-refractivity contribution is 5.03. The maximum absolute atomic E-state index is 4.33. The van der Waals surface area contributed by atoms with Crippen molar-refractivity contribution >= 4 is 0 Å². The summed E-state index contributed by atoms with van der Waals surface area (Å²) in [6.45, 7) is 0.879. The minimum absolute atomic E-state index is 0.598. The van der Waals surface area contributed by atoms with Crippen LogP contribution in [0.3, 0.4) is 0 Å². The molecule has 3 nitrogen and oxygen atoms in total. The summed E-state index contributed by atoms with van der Waals surface area (Å²) in [6, 6.07) is 7.30. The van der Waals surface area contributed by atoms with Crippen molar-refractivity contribution in [3.05, 3.63) is 30.1 Å². The molecule has 0 spiro atoms. The fraction of sp³-hybridized carbons (Fsp3) is 0.615. The zero-order valence-electron chi connectivity index (χ0n) is 9.95. The second kappa shape index (κ2) is 5.97. The highest BCUT2D eigenvalue weighted by Crippen LogP contribution is 2.18. The normalized spacial score (nSPS) is 25.6. The van der Waals surface area contributed by atoms with Crippen molar-refractivity contribution in [2.45, 2.75) is 44.3 Å². The fourth-order valence-corrected chi connectivity index (χ4v) is 2.46. The zero-order chi connectivity index (χ0) is 11.2. The van der Waals surface area contributed by atoms with Gasteiger partial charge in [-0.2, -0.15) is 0 Å². The highest BCUT2D eigenvalue weighted by atomic mass is 15.0. The minimum Gasteiger partial charge on any atom is -0.315 e. The van der Waals surface area contributed by atoms with E-state index in [-0.39, 0.29) is 0 Å². The Labute approximate surface area is 97.7 Å². The van der Waals surface area contributed by atoms with Crippen LogP contribution in [0.5, 0.6) is 0 Å². The maximum atomic E-state index is 4.33. The quantitative estimate of drug-likeness (QED) is 0.809. The van der Waals surface area contributed by atoms with E-state index in [2.05, 4.69) is 28.7 Å². The molecular formula is C13H21N3. The molecule has 1 aliphatic rings. The van der Waals surface area contributed by atoms with Gasteiger partial charge in [0.1, 0.15) is 0 Å². The van der Waals surface area contributed by atoms with Crippen molar-refractivity contribution in [2.24, 2.45) is 0 Å². The average Bonchev–Trinajstić information content (AvgIpc) is 2.38. The van der Waals surface area contributed by atoms with Crippen molar-refractivity contribution in [3.8, 4) is 0 Å². The number of pyridine rings is 1. The lowest BCUT2D eigenvalue weighted by atomic mass is 9.90. The largest absolute Gasteiger partial charge is 0.315 e. The lowest BCUT2D eigenvalue weighted by molar-refractivity contribution is 0.294. The molecular weight excluding hydrogens is 198 g/mol. The third-order valence-corrected chi connectivity index (χ3v) is 3.41. The SMILES string of the molecule is CNC1CCCCC1NCc1ccccn1. The first-order chi connectivity index (χ1) is 7.90. The lowest BCUT2D eigenvalue weighted by Gasteiger charge is -2.32. The van der Waals surface area contributed by atoms with E-state index < -0.39 is 0 Å². The second-order valence-corrected chi connectivity index (χ2v) is 4.49. The van der Waals surface area contributed by atoms with Gasteiger partial charge in [-0.15, -0.1) is 0 Å². The number of likely N-dealkylation sites (N-methyl/N-ethyl adjacent to an activating group) is 1. The first-order valence-corrected chi connectivity index (χ1v) is 6.20. The topological polar surface area (TPSA) is 37.0 Å². The van der Waals surface area contributed by atoms with Gasteiger partial charge in [-0.1, -0.05) is 18.9 Å². The summed E-state index contributed by atoms with van der Waals surface area (Å²) >= 11 is 0. The molecule has 16 heavy (non-hydrogen) atoms. The van der Waals surface area contributed by atoms with Crippen molar-refractivity contribution in [1.29, 1.82) is 0 Å². The molecule has 0 aliphatic heterocycles. The van der Waals surface area contributed by atoms with Gasteiger partial charge in [0.05, 0.1) is 5.69 Å². The fourth-order valence-electron chi connectivity index (χ4n) is 2.46. The number of nitrogens with zero attached hydrogens (tertiary/aromatic N) is 1. The van der Waals surface area contributed by atoms with Gasteiger partial charge in [-0.25, -0.2) is 0 Å². The molecule has 88 valence electrons. The van der Waals surface area contributed by atoms with Gasteiger partial charge < -0.3 is 10.6 Å². The van der Waals surface area contributed by atoms with Crippen LogP contribution >= 0.6 is 0 Å². The molecule has 2 unspecified atom stereocenters. The Morgan fingerprint density at radius 2 is 2.06 bits per heavy atom. The summed E-state index contributed by atoms with van der Waals surface area (Å²) < 4.78 is 0. The molecule has 1 fully saturated rings. The third-order valence-electron chi connectivity index (χ3n) is 3.41. The summed E-state index contributed by atoms with van der Waals surface area (Å²) in [4.78, 5) is 4.33. The van der Waals surface area contributed by atoms with E-state index in [1.807, 2.05) is 18.3 Å². The predicted molar refractivity (Wildman–Crippen MR) is 66.2 cm³/mol. The van der Waals surface area contributed by atoms with Gasteiger partial charge in [0.2, 0.25) is 0 Å². The van der Waals surface area contributed by atoms with Crippen LogP contribution in [0.25, 0.3) is 0 Å². The van der Waals surface area contributed by atoms with Gasteiger partial charge >= 0.3 is 0 Å². The first kappa shape index (κ1) is 11.6. The highest BCUT2D eigenvalue weighted by Gasteiger charge is 2.22. The van der Waals surface area contributed by atoms with Crippen LogP contribution in [-0.4, -0.2) is 24.1 Å². The van der Waals surface area contributed by atoms with Gasteiger partial charge in [0.25, 0.3) is 0 Å². The Kier molecular flexibility index (Phi) is 4.31. The van der Waals surface area contributed by atoms with Crippen LogP contribution in [-0.2, 0) is 6.54 Å². The third kappa shape index (κ3) is 3.03. The molecule has 3 heteroatoms. The number of aromatic nitrogens is 1. The van der Waals surface area contributed by atoms with Gasteiger partial charge in [0, 0.05) is 24.8 Å². The van der Waals surface area contributed by atoms with Crippen LogP contribution in [0.1, 0.15) is 31.4 Å². The Balaban J connectivity index is 1.84. The molecule has 2 atom stereocenters. The van der Waals surface area contributed by atoms with E-state index in [1.54, 1.807) is 0 Å². The number of hydrogen-bond acceptors (Lipinski definition) is 3. The molecule has 0 bridgehead atoms. The Morgan fingerprint density at radius 3 is 2.75 bits per heavy atom. The predicted octanol–water partition coefficient (Wildman–Crippen LogP) is 1.70. The molecule has 1 aromatic rings. The molecule has 1 saturated carbocycles. The summed E-state index contributed by atoms with van der Waals surface area (Å²) in [5.41, 5.74) is 1.13. The molecule has 1 aromatic heterocycles. The van der Waals surface area contributed by atoms with Crippen molar-refractivity contribution < 1.29 is 0 Å². The monoisotopic (exact) mass is 219 g/mol. The smallest absolute Gasteiger partial charge is 0.0541 e. The van der Waals surface area contributed by atoms with E-state index in [0.29, 0.717) is 12.1 Å². The minimum atomic E-state index is 0.598. The van der Waals surface area contributed by atoms with Crippen molar-refractivity contribution in [3.63, 3.8) is 0 Å². The van der Waals surface area contributed by atoms with Crippen LogP contribution in [0.15, 0.2) is 24.4 Å². The second-order valence-electron chi connectivity index (χ2n) is 4.49. The molecule has 2 N–H and O–H groups in total. The number of rotatable bonds is 4. The van der Waals surface area contributed by atoms with E-state index in [0.717, 1.165) is 12.2 Å². The van der Waals surface area contributed by atoms with Crippen LogP contribution in [0.2, 0.25) is 0 Å². The van der Waals surface area contributed by atoms with Crippen LogP contribution < -0.4 is 10.6 Å². The van der Waals surface area contributed by atoms with Gasteiger partial charge in [-0.05, 0) is 32.0 Å². The van der Waals surface area contributed by atoms with E-state index >= 15 is 0 Å². The summed E-state index contributed by atoms with van der Waals surface area (Å²) in [7, 11) is 2.06. The first-order valence-electron chi connectivity index (χ1n) is 6.20. The molecule has 0 saturated heterocycles. The van der Waals surface area contributed by atoms with Crippen molar-refractivity contribution in [2.75, 3.05) is 7.05 Å². The Bertz CT molecular complexity index is 299. The summed E-state index contributed by atoms with van der Waals surface area (Å²) in [5, 5.41) is 7.02. The molecule has 0 aromatic carbocycles. The maximum Gasteiger partial charge on any atom is 0.0541 e. The zero-order valence-corrected chi connectivity index (χ0v) is 9.95. The summed E-state index contributed by atoms with van der Waals surface area (Å²) in [6.07, 6.45) is 7.12. The van der Waals surface area contributed by atoms with Gasteiger partial charge in [-0.3, -0.25) is 4.98 Å². The molecule has 2 rings (SSSR count). The number of hydrogen-bond donors (Lipinski definition) is 2. The van der Waals surface area contributed by atoms with E-state index in [4.69, 9.17) is 0 Å². The van der Waals surface area contributed by atoms with Crippen molar-refractivity contribution in [1.82, 2.24) is 15.6 Å². The molecule has 0 radical (unpaired) electrons. The Morgan fingerprint density at radius 1 is 1.25 bits per heavy atom. The van der Waals surface area contributed by atoms with E-state index in [9.17, 15) is 0 Å². The molecule has 0 amide bonds. The van der Waals surface area contributed by atoms with E-state index in [1.165, 1.54) is 25.7 Å². The number of nitrogens with one attached hydrogen (secondary N) is 2.